The fourth-order valence-electron chi connectivity index (χ4n) is 2.66. The van der Waals surface area contributed by atoms with E-state index in [1.54, 1.807) is 6.07 Å². The standard InChI is InChI=1S/C14H20Cl2N2O/c1-14(2)9-19-4-3-18(14)13(8-17)10-5-11(15)7-12(16)6-10/h5-7,13H,3-4,8-9,17H2,1-2H3. The Bertz CT molecular complexity index is 431. The molecule has 1 aliphatic heterocycles. The van der Waals surface area contributed by atoms with Crippen molar-refractivity contribution in [3.8, 4) is 0 Å². The molecule has 1 aromatic carbocycles. The molecule has 0 saturated carbocycles. The van der Waals surface area contributed by atoms with Gasteiger partial charge in [-0.15, -0.1) is 0 Å². The smallest absolute Gasteiger partial charge is 0.0645 e. The minimum absolute atomic E-state index is 0.0446. The maximum Gasteiger partial charge on any atom is 0.0645 e. The normalized spacial score (nSPS) is 21.3. The van der Waals surface area contributed by atoms with Crippen molar-refractivity contribution in [3.63, 3.8) is 0 Å². The molecule has 0 amide bonds. The number of nitrogens with zero attached hydrogens (tertiary/aromatic N) is 1. The lowest BCUT2D eigenvalue weighted by Gasteiger charge is -2.46. The van der Waals surface area contributed by atoms with Gasteiger partial charge in [0.05, 0.1) is 13.2 Å². The first-order valence-electron chi connectivity index (χ1n) is 6.44. The van der Waals surface area contributed by atoms with Crippen molar-refractivity contribution >= 4 is 23.2 Å². The second kappa shape index (κ2) is 5.98. The van der Waals surface area contributed by atoms with Crippen molar-refractivity contribution in [1.82, 2.24) is 4.90 Å². The van der Waals surface area contributed by atoms with Crippen LogP contribution >= 0.6 is 23.2 Å². The van der Waals surface area contributed by atoms with Gasteiger partial charge >= 0.3 is 0 Å². The Morgan fingerprint density at radius 2 is 1.95 bits per heavy atom. The van der Waals surface area contributed by atoms with E-state index < -0.39 is 0 Å². The van der Waals surface area contributed by atoms with Crippen LogP contribution < -0.4 is 5.73 Å². The molecule has 0 radical (unpaired) electrons. The van der Waals surface area contributed by atoms with Crippen LogP contribution in [-0.4, -0.2) is 36.7 Å². The molecule has 2 rings (SSSR count). The van der Waals surface area contributed by atoms with Gasteiger partial charge in [-0.1, -0.05) is 23.2 Å². The van der Waals surface area contributed by atoms with E-state index in [9.17, 15) is 0 Å². The van der Waals surface area contributed by atoms with Crippen LogP contribution in [0.1, 0.15) is 25.5 Å². The number of morpholine rings is 1. The van der Waals surface area contributed by atoms with Crippen LogP contribution in [0.25, 0.3) is 0 Å². The van der Waals surface area contributed by atoms with Gasteiger partial charge in [-0.05, 0) is 37.6 Å². The van der Waals surface area contributed by atoms with Crippen LogP contribution in [0.4, 0.5) is 0 Å². The van der Waals surface area contributed by atoms with Crippen LogP contribution in [0.3, 0.4) is 0 Å². The summed E-state index contributed by atoms with van der Waals surface area (Å²) in [5, 5.41) is 1.29. The summed E-state index contributed by atoms with van der Waals surface area (Å²) in [6.45, 7) is 7.16. The number of benzene rings is 1. The molecular formula is C14H20Cl2N2O. The Hall–Kier alpha value is -0.320. The summed E-state index contributed by atoms with van der Waals surface area (Å²) in [5.74, 6) is 0. The Morgan fingerprint density at radius 3 is 2.47 bits per heavy atom. The quantitative estimate of drug-likeness (QED) is 0.932. The van der Waals surface area contributed by atoms with E-state index in [4.69, 9.17) is 33.7 Å². The van der Waals surface area contributed by atoms with Gasteiger partial charge < -0.3 is 10.5 Å². The van der Waals surface area contributed by atoms with Gasteiger partial charge in [0.25, 0.3) is 0 Å². The fraction of sp³-hybridized carbons (Fsp3) is 0.571. The molecule has 1 fully saturated rings. The van der Waals surface area contributed by atoms with Crippen LogP contribution in [0.15, 0.2) is 18.2 Å². The van der Waals surface area contributed by atoms with E-state index in [1.165, 1.54) is 0 Å². The number of rotatable bonds is 3. The molecule has 1 unspecified atom stereocenters. The van der Waals surface area contributed by atoms with E-state index in [2.05, 4.69) is 18.7 Å². The highest BCUT2D eigenvalue weighted by Crippen LogP contribution is 2.32. The molecule has 1 aliphatic rings. The van der Waals surface area contributed by atoms with Crippen molar-refractivity contribution in [2.75, 3.05) is 26.3 Å². The minimum Gasteiger partial charge on any atom is -0.378 e. The second-order valence-corrected chi connectivity index (χ2v) is 6.39. The molecule has 0 bridgehead atoms. The van der Waals surface area contributed by atoms with E-state index in [1.807, 2.05) is 12.1 Å². The largest absolute Gasteiger partial charge is 0.378 e. The van der Waals surface area contributed by atoms with E-state index >= 15 is 0 Å². The molecule has 0 aromatic heterocycles. The van der Waals surface area contributed by atoms with Crippen molar-refractivity contribution in [1.29, 1.82) is 0 Å². The van der Waals surface area contributed by atoms with Crippen LogP contribution in [0, 0.1) is 0 Å². The van der Waals surface area contributed by atoms with Crippen molar-refractivity contribution in [2.45, 2.75) is 25.4 Å². The molecule has 1 aromatic rings. The summed E-state index contributed by atoms with van der Waals surface area (Å²) in [6, 6.07) is 5.73. The molecular weight excluding hydrogens is 283 g/mol. The zero-order valence-corrected chi connectivity index (χ0v) is 12.8. The minimum atomic E-state index is -0.0446. The highest BCUT2D eigenvalue weighted by molar-refractivity contribution is 6.34. The molecule has 1 atom stereocenters. The second-order valence-electron chi connectivity index (χ2n) is 5.51. The molecule has 1 heterocycles. The van der Waals surface area contributed by atoms with E-state index in [0.717, 1.165) is 18.7 Å². The number of ether oxygens (including phenoxy) is 1. The first kappa shape index (κ1) is 15.1. The topological polar surface area (TPSA) is 38.5 Å². The van der Waals surface area contributed by atoms with Crippen LogP contribution in [0.5, 0.6) is 0 Å². The van der Waals surface area contributed by atoms with Gasteiger partial charge in [-0.3, -0.25) is 4.90 Å². The molecule has 106 valence electrons. The predicted octanol–water partition coefficient (Wildman–Crippen LogP) is 3.10. The van der Waals surface area contributed by atoms with Gasteiger partial charge in [0, 0.05) is 34.7 Å². The van der Waals surface area contributed by atoms with Crippen molar-refractivity contribution < 1.29 is 4.74 Å². The lowest BCUT2D eigenvalue weighted by atomic mass is 9.95. The first-order valence-corrected chi connectivity index (χ1v) is 7.20. The number of nitrogens with two attached hydrogens (primary N) is 1. The van der Waals surface area contributed by atoms with Gasteiger partial charge in [-0.25, -0.2) is 0 Å². The number of hydrogen-bond donors (Lipinski definition) is 1. The molecule has 2 N–H and O–H groups in total. The van der Waals surface area contributed by atoms with Gasteiger partial charge in [0.15, 0.2) is 0 Å². The Balaban J connectivity index is 2.33. The van der Waals surface area contributed by atoms with Crippen molar-refractivity contribution in [3.05, 3.63) is 33.8 Å². The van der Waals surface area contributed by atoms with Crippen LogP contribution in [-0.2, 0) is 4.74 Å². The third-order valence-electron chi connectivity index (χ3n) is 3.58. The third kappa shape index (κ3) is 3.41. The van der Waals surface area contributed by atoms with Gasteiger partial charge in [0.2, 0.25) is 0 Å². The van der Waals surface area contributed by atoms with Gasteiger partial charge in [-0.2, -0.15) is 0 Å². The monoisotopic (exact) mass is 302 g/mol. The fourth-order valence-corrected chi connectivity index (χ4v) is 3.20. The van der Waals surface area contributed by atoms with E-state index in [-0.39, 0.29) is 11.6 Å². The summed E-state index contributed by atoms with van der Waals surface area (Å²) in [4.78, 5) is 2.37. The molecule has 3 nitrogen and oxygen atoms in total. The zero-order chi connectivity index (χ0) is 14.0. The molecule has 0 spiro atoms. The maximum atomic E-state index is 6.09. The lowest BCUT2D eigenvalue weighted by Crippen LogP contribution is -2.55. The summed E-state index contributed by atoms with van der Waals surface area (Å²) in [6.07, 6.45) is 0. The van der Waals surface area contributed by atoms with E-state index in [0.29, 0.717) is 23.2 Å². The van der Waals surface area contributed by atoms with Crippen molar-refractivity contribution in [2.24, 2.45) is 5.73 Å². The van der Waals surface area contributed by atoms with Gasteiger partial charge in [0.1, 0.15) is 0 Å². The Kier molecular flexibility index (Phi) is 4.75. The molecule has 5 heteroatoms. The lowest BCUT2D eigenvalue weighted by molar-refractivity contribution is -0.0712. The summed E-state index contributed by atoms with van der Waals surface area (Å²) < 4.78 is 5.56. The number of halogens is 2. The zero-order valence-electron chi connectivity index (χ0n) is 11.3. The highest BCUT2D eigenvalue weighted by atomic mass is 35.5. The Morgan fingerprint density at radius 1 is 1.32 bits per heavy atom. The highest BCUT2D eigenvalue weighted by Gasteiger charge is 2.35. The predicted molar refractivity (Wildman–Crippen MR) is 79.9 cm³/mol. The van der Waals surface area contributed by atoms with Crippen LogP contribution in [0.2, 0.25) is 10.0 Å². The summed E-state index contributed by atoms with van der Waals surface area (Å²) in [7, 11) is 0. The number of hydrogen-bond acceptors (Lipinski definition) is 3. The third-order valence-corrected chi connectivity index (χ3v) is 4.01. The molecule has 1 saturated heterocycles. The molecule has 19 heavy (non-hydrogen) atoms. The maximum absolute atomic E-state index is 6.09. The Labute approximate surface area is 124 Å². The first-order chi connectivity index (χ1) is 8.94. The average molecular weight is 303 g/mol. The SMILES string of the molecule is CC1(C)COCCN1C(CN)c1cc(Cl)cc(Cl)c1. The summed E-state index contributed by atoms with van der Waals surface area (Å²) in [5.41, 5.74) is 7.01. The summed E-state index contributed by atoms with van der Waals surface area (Å²) >= 11 is 12.2. The molecule has 0 aliphatic carbocycles. The average Bonchev–Trinajstić information content (AvgIpc) is 2.30.